The molecule has 3 N–H and O–H groups in total. The molecule has 0 aromatic heterocycles. The standard InChI is InChI=1S/C8H19NO/c1-4-7(10)5-8(9)6(2)3/h6-8,10H,4-5,9H2,1-3H3/t7-,8+/m1/s1. The number of rotatable bonds is 4. The van der Waals surface area contributed by atoms with E-state index in [0.29, 0.717) is 5.92 Å². The highest BCUT2D eigenvalue weighted by molar-refractivity contribution is 4.69. The van der Waals surface area contributed by atoms with Crippen molar-refractivity contribution in [3.05, 3.63) is 0 Å². The molecule has 0 fully saturated rings. The Labute approximate surface area is 63.4 Å². The normalized spacial score (nSPS) is 17.4. The molecule has 0 aliphatic carbocycles. The first-order valence-electron chi connectivity index (χ1n) is 4.01. The van der Waals surface area contributed by atoms with E-state index in [-0.39, 0.29) is 12.1 Å². The Morgan fingerprint density at radius 1 is 1.40 bits per heavy atom. The van der Waals surface area contributed by atoms with Gasteiger partial charge in [-0.05, 0) is 18.8 Å². The van der Waals surface area contributed by atoms with E-state index in [1.165, 1.54) is 0 Å². The van der Waals surface area contributed by atoms with Crippen molar-refractivity contribution < 1.29 is 5.11 Å². The van der Waals surface area contributed by atoms with Crippen molar-refractivity contribution in [2.24, 2.45) is 11.7 Å². The molecule has 2 atom stereocenters. The highest BCUT2D eigenvalue weighted by Crippen LogP contribution is 2.07. The van der Waals surface area contributed by atoms with Gasteiger partial charge in [0.1, 0.15) is 0 Å². The van der Waals surface area contributed by atoms with E-state index in [1.807, 2.05) is 6.92 Å². The van der Waals surface area contributed by atoms with Crippen LogP contribution in [0.15, 0.2) is 0 Å². The molecular weight excluding hydrogens is 126 g/mol. The van der Waals surface area contributed by atoms with Crippen LogP contribution in [-0.4, -0.2) is 17.3 Å². The van der Waals surface area contributed by atoms with Gasteiger partial charge in [-0.1, -0.05) is 20.8 Å². The number of aliphatic hydroxyl groups is 1. The van der Waals surface area contributed by atoms with Crippen LogP contribution in [0.1, 0.15) is 33.6 Å². The second kappa shape index (κ2) is 4.69. The summed E-state index contributed by atoms with van der Waals surface area (Å²) in [5.41, 5.74) is 5.73. The third-order valence-corrected chi connectivity index (χ3v) is 1.87. The Balaban J connectivity index is 3.46. The summed E-state index contributed by atoms with van der Waals surface area (Å²) in [7, 11) is 0. The van der Waals surface area contributed by atoms with Gasteiger partial charge in [-0.15, -0.1) is 0 Å². The zero-order valence-corrected chi connectivity index (χ0v) is 7.17. The van der Waals surface area contributed by atoms with Gasteiger partial charge in [0.05, 0.1) is 6.10 Å². The van der Waals surface area contributed by atoms with Crippen LogP contribution in [0, 0.1) is 5.92 Å². The topological polar surface area (TPSA) is 46.2 Å². The third kappa shape index (κ3) is 3.85. The highest BCUT2D eigenvalue weighted by Gasteiger charge is 2.11. The third-order valence-electron chi connectivity index (χ3n) is 1.87. The summed E-state index contributed by atoms with van der Waals surface area (Å²) in [5, 5.41) is 9.20. The van der Waals surface area contributed by atoms with Crippen LogP contribution < -0.4 is 5.73 Å². The minimum absolute atomic E-state index is 0.148. The maximum Gasteiger partial charge on any atom is 0.0552 e. The fourth-order valence-corrected chi connectivity index (χ4v) is 0.753. The molecule has 0 heterocycles. The summed E-state index contributed by atoms with van der Waals surface area (Å²) < 4.78 is 0. The van der Waals surface area contributed by atoms with Crippen LogP contribution >= 0.6 is 0 Å². The molecule has 0 aromatic carbocycles. The number of aliphatic hydroxyl groups excluding tert-OH is 1. The number of hydrogen-bond donors (Lipinski definition) is 2. The largest absolute Gasteiger partial charge is 0.393 e. The van der Waals surface area contributed by atoms with Crippen LogP contribution in [0.25, 0.3) is 0 Å². The summed E-state index contributed by atoms with van der Waals surface area (Å²) in [6, 6.07) is 0.148. The molecule has 0 aliphatic heterocycles. The van der Waals surface area contributed by atoms with E-state index in [1.54, 1.807) is 0 Å². The predicted octanol–water partition coefficient (Wildman–Crippen LogP) is 1.13. The first-order valence-corrected chi connectivity index (χ1v) is 4.01. The lowest BCUT2D eigenvalue weighted by Crippen LogP contribution is -2.30. The van der Waals surface area contributed by atoms with Crippen molar-refractivity contribution in [3.8, 4) is 0 Å². The Hall–Kier alpha value is -0.0800. The van der Waals surface area contributed by atoms with Crippen molar-refractivity contribution in [1.82, 2.24) is 0 Å². The van der Waals surface area contributed by atoms with Crippen LogP contribution in [0.2, 0.25) is 0 Å². The minimum Gasteiger partial charge on any atom is -0.393 e. The molecule has 0 aromatic rings. The molecule has 62 valence electrons. The van der Waals surface area contributed by atoms with Gasteiger partial charge in [0.25, 0.3) is 0 Å². The molecular formula is C8H19NO. The van der Waals surface area contributed by atoms with Crippen LogP contribution in [0.4, 0.5) is 0 Å². The second-order valence-corrected chi connectivity index (χ2v) is 3.21. The van der Waals surface area contributed by atoms with E-state index in [2.05, 4.69) is 13.8 Å². The van der Waals surface area contributed by atoms with Crippen molar-refractivity contribution in [1.29, 1.82) is 0 Å². The molecule has 0 spiro atoms. The number of nitrogens with two attached hydrogens (primary N) is 1. The smallest absolute Gasteiger partial charge is 0.0552 e. The molecule has 10 heavy (non-hydrogen) atoms. The predicted molar refractivity (Wildman–Crippen MR) is 43.7 cm³/mol. The van der Waals surface area contributed by atoms with Crippen molar-refractivity contribution in [2.45, 2.75) is 45.8 Å². The molecule has 0 aliphatic rings. The lowest BCUT2D eigenvalue weighted by molar-refractivity contribution is 0.144. The van der Waals surface area contributed by atoms with Crippen LogP contribution in [0.5, 0.6) is 0 Å². The molecule has 0 radical (unpaired) electrons. The average molecular weight is 145 g/mol. The molecule has 0 amide bonds. The van der Waals surface area contributed by atoms with E-state index in [4.69, 9.17) is 5.73 Å². The Bertz CT molecular complexity index is 83.3. The fraction of sp³-hybridized carbons (Fsp3) is 1.00. The molecule has 2 heteroatoms. The molecule has 0 unspecified atom stereocenters. The van der Waals surface area contributed by atoms with Crippen molar-refractivity contribution in [2.75, 3.05) is 0 Å². The second-order valence-electron chi connectivity index (χ2n) is 3.21. The summed E-state index contributed by atoms with van der Waals surface area (Å²) >= 11 is 0. The maximum atomic E-state index is 9.20. The molecule has 2 nitrogen and oxygen atoms in total. The molecule has 0 rings (SSSR count). The highest BCUT2D eigenvalue weighted by atomic mass is 16.3. The van der Waals surface area contributed by atoms with Gasteiger partial charge in [0, 0.05) is 6.04 Å². The monoisotopic (exact) mass is 145 g/mol. The molecule has 0 saturated carbocycles. The molecule has 0 bridgehead atoms. The van der Waals surface area contributed by atoms with E-state index in [9.17, 15) is 5.11 Å². The minimum atomic E-state index is -0.211. The van der Waals surface area contributed by atoms with Gasteiger partial charge < -0.3 is 10.8 Å². The van der Waals surface area contributed by atoms with E-state index < -0.39 is 0 Å². The van der Waals surface area contributed by atoms with E-state index >= 15 is 0 Å². The Morgan fingerprint density at radius 2 is 1.90 bits per heavy atom. The van der Waals surface area contributed by atoms with E-state index in [0.717, 1.165) is 12.8 Å². The zero-order chi connectivity index (χ0) is 8.15. The van der Waals surface area contributed by atoms with Gasteiger partial charge in [-0.2, -0.15) is 0 Å². The first kappa shape index (κ1) is 9.92. The SMILES string of the molecule is CC[C@@H](O)C[C@H](N)C(C)C. The van der Waals surface area contributed by atoms with Gasteiger partial charge in [0.2, 0.25) is 0 Å². The van der Waals surface area contributed by atoms with Crippen LogP contribution in [-0.2, 0) is 0 Å². The lowest BCUT2D eigenvalue weighted by atomic mass is 9.98. The summed E-state index contributed by atoms with van der Waals surface area (Å²) in [6.45, 7) is 6.12. The van der Waals surface area contributed by atoms with Gasteiger partial charge in [0.15, 0.2) is 0 Å². The maximum absolute atomic E-state index is 9.20. The van der Waals surface area contributed by atoms with Crippen molar-refractivity contribution >= 4 is 0 Å². The Kier molecular flexibility index (Phi) is 4.65. The van der Waals surface area contributed by atoms with Crippen LogP contribution in [0.3, 0.4) is 0 Å². The zero-order valence-electron chi connectivity index (χ0n) is 7.17. The van der Waals surface area contributed by atoms with Gasteiger partial charge in [-0.3, -0.25) is 0 Å². The summed E-state index contributed by atoms with van der Waals surface area (Å²) in [4.78, 5) is 0. The Morgan fingerprint density at radius 3 is 2.20 bits per heavy atom. The average Bonchev–Trinajstić information content (AvgIpc) is 1.87. The molecule has 0 saturated heterocycles. The first-order chi connectivity index (χ1) is 4.57. The summed E-state index contributed by atoms with van der Waals surface area (Å²) in [5.74, 6) is 0.473. The van der Waals surface area contributed by atoms with Gasteiger partial charge in [-0.25, -0.2) is 0 Å². The number of hydrogen-bond acceptors (Lipinski definition) is 2. The fourth-order valence-electron chi connectivity index (χ4n) is 0.753. The van der Waals surface area contributed by atoms with Crippen molar-refractivity contribution in [3.63, 3.8) is 0 Å². The summed E-state index contributed by atoms with van der Waals surface area (Å²) in [6.07, 6.45) is 1.33. The van der Waals surface area contributed by atoms with Gasteiger partial charge >= 0.3 is 0 Å². The lowest BCUT2D eigenvalue weighted by Gasteiger charge is -2.18. The quantitative estimate of drug-likeness (QED) is 0.623.